The Morgan fingerprint density at radius 3 is 2.74 bits per heavy atom. The van der Waals surface area contributed by atoms with E-state index in [1.807, 2.05) is 27.7 Å². The lowest BCUT2D eigenvalue weighted by molar-refractivity contribution is -0.162. The van der Waals surface area contributed by atoms with Gasteiger partial charge in [0.2, 0.25) is 0 Å². The number of nitrogens with zero attached hydrogens (tertiary/aromatic N) is 1. The number of carbonyl (C=O) groups excluding carboxylic acids is 1. The molecular weight excluding hydrogens is 959 g/mol. The minimum atomic E-state index is -1.93. The van der Waals surface area contributed by atoms with Gasteiger partial charge in [-0.2, -0.15) is 0 Å². The lowest BCUT2D eigenvalue weighted by Gasteiger charge is -2.70. The summed E-state index contributed by atoms with van der Waals surface area (Å²) in [5, 5.41) is 70.0. The molecule has 12 bridgehead atoms. The first-order valence-electron chi connectivity index (χ1n) is 27.9. The van der Waals surface area contributed by atoms with Gasteiger partial charge >= 0.3 is 5.97 Å². The normalized spacial score (nSPS) is 45.6. The molecule has 13 nitrogen and oxygen atoms in total. The Labute approximate surface area is 439 Å². The van der Waals surface area contributed by atoms with E-state index < -0.39 is 59.4 Å². The van der Waals surface area contributed by atoms with Crippen molar-refractivity contribution in [2.45, 2.75) is 176 Å². The summed E-state index contributed by atoms with van der Waals surface area (Å²) in [6, 6.07) is 2.43. The Bertz CT molecular complexity index is 2540. The third-order valence-electron chi connectivity index (χ3n) is 20.8. The Balaban J connectivity index is 1.05. The summed E-state index contributed by atoms with van der Waals surface area (Å²) in [7, 11) is 3.84. The van der Waals surface area contributed by atoms with Crippen LogP contribution in [0.1, 0.15) is 133 Å². The summed E-state index contributed by atoms with van der Waals surface area (Å²) in [6.07, 6.45) is 19.2. The number of allylic oxidation sites excluding steroid dienone is 2. The molecule has 18 atom stereocenters. The first-order valence-corrected chi connectivity index (χ1v) is 30.3. The predicted octanol–water partition coefficient (Wildman–Crippen LogP) is 6.17. The quantitative estimate of drug-likeness (QED) is 0.0534. The first kappa shape index (κ1) is 50.4. The van der Waals surface area contributed by atoms with Crippen molar-refractivity contribution in [2.75, 3.05) is 25.4 Å². The molecule has 7 aliphatic carbocycles. The van der Waals surface area contributed by atoms with Gasteiger partial charge in [-0.05, 0) is 143 Å². The molecule has 394 valence electrons. The largest absolute Gasteiger partial charge is 0.504 e. The highest BCUT2D eigenvalue weighted by molar-refractivity contribution is 8.77. The molecule has 1 aromatic rings. The van der Waals surface area contributed by atoms with Crippen LogP contribution in [0.3, 0.4) is 0 Å². The van der Waals surface area contributed by atoms with Crippen molar-refractivity contribution >= 4 is 33.5 Å². The molecule has 73 heavy (non-hydrogen) atoms. The zero-order chi connectivity index (χ0) is 50.3. The molecule has 12 rings (SSSR count). The van der Waals surface area contributed by atoms with E-state index in [4.69, 9.17) is 20.2 Å². The minimum absolute atomic E-state index is 0.0129. The van der Waals surface area contributed by atoms with Crippen LogP contribution in [0.2, 0.25) is 0 Å². The molecular formula is C58H77N5O8S2. The van der Waals surface area contributed by atoms with E-state index in [0.29, 0.717) is 93.4 Å². The number of carbonyl (C=O) groups is 1. The van der Waals surface area contributed by atoms with E-state index in [1.54, 1.807) is 6.07 Å². The standard InChI is InChI=1S/C58H77N5O8S2/c1-34(64)70-48-26-40(65)16-21-55-20-15-36-23-35-9-12-42(30-60-32-54(28-35)29-41(17-22-61-54)71-49-25-37(24-43(36)48)44(52(68)69)27-47(49)66)73-72-33-57(63-53(59)62-50(55)7-2-8-51(55)67)31-56-18-3-5-38(56)10-14-46-45(56)13-11-39-6-4-19-58(39,46)57/h2,7,10,14,25,27,35-36,38-43,45-46,48,50-52,60-61,65-69H,3-6,8,11,13,16-19,21-24,26,28-33H2,1H3,(H3,59,62,63)/t35-,36-,38-,39-,40+,41-,42+,43-,45-,46-,48+,50-,51-,54-,55+,56+,57-,58+/m1/s1. The number of aliphatic hydroxyl groups is 4. The number of hydrogen-bond donors (Lipinski definition) is 9. The molecule has 5 spiro atoms. The molecule has 0 unspecified atom stereocenters. The summed E-state index contributed by atoms with van der Waals surface area (Å²) in [4.78, 5) is 18.7. The Morgan fingerprint density at radius 2 is 1.88 bits per heavy atom. The minimum Gasteiger partial charge on any atom is -0.504 e. The van der Waals surface area contributed by atoms with Crippen LogP contribution in [-0.2, 0) is 16.0 Å². The number of rotatable bonds is 2. The van der Waals surface area contributed by atoms with Crippen molar-refractivity contribution in [2.24, 2.45) is 68.4 Å². The summed E-state index contributed by atoms with van der Waals surface area (Å²) in [5.41, 5.74) is 6.40. The average Bonchev–Trinajstić information content (AvgIpc) is 4.00. The van der Waals surface area contributed by atoms with E-state index in [0.717, 1.165) is 18.6 Å². The molecule has 10 N–H and O–H groups in total. The van der Waals surface area contributed by atoms with Crippen LogP contribution in [0, 0.1) is 81.4 Å². The highest BCUT2D eigenvalue weighted by Crippen LogP contribution is 2.76. The summed E-state index contributed by atoms with van der Waals surface area (Å²) >= 11 is 0. The monoisotopic (exact) mass is 1040 g/mol. The van der Waals surface area contributed by atoms with Crippen LogP contribution in [0.15, 0.2) is 41.4 Å². The number of hydrogen-bond acceptors (Lipinski definition) is 15. The number of fused-ring (bicyclic) bond motifs is 4. The second-order valence-electron chi connectivity index (χ2n) is 24.6. The van der Waals surface area contributed by atoms with Gasteiger partial charge in [-0.15, -0.1) is 0 Å². The van der Waals surface area contributed by atoms with Gasteiger partial charge in [0.05, 0.1) is 34.5 Å². The lowest BCUT2D eigenvalue weighted by atomic mass is 9.36. The molecule has 4 aliphatic heterocycles. The lowest BCUT2D eigenvalue weighted by Crippen LogP contribution is -2.75. The number of nitrogens with one attached hydrogen (secondary N) is 3. The number of ether oxygens (including phenoxy) is 2. The topological polar surface area (TPSA) is 211 Å². The fraction of sp³-hybridized carbons (Fsp3) is 0.724. The number of piperidine rings is 1. The fourth-order valence-electron chi connectivity index (χ4n) is 17.9. The molecule has 0 amide bonds. The van der Waals surface area contributed by atoms with Gasteiger partial charge < -0.3 is 56.7 Å². The third-order valence-corrected chi connectivity index (χ3v) is 23.5. The first-order chi connectivity index (χ1) is 35.2. The van der Waals surface area contributed by atoms with Crippen LogP contribution < -0.4 is 26.4 Å². The maximum absolute atomic E-state index is 13.2. The number of nitrogens with two attached hydrogens (primary N) is 1. The van der Waals surface area contributed by atoms with Crippen molar-refractivity contribution in [1.82, 2.24) is 16.0 Å². The second-order valence-corrected chi connectivity index (χ2v) is 27.1. The van der Waals surface area contributed by atoms with Gasteiger partial charge in [0.25, 0.3) is 0 Å². The molecule has 1 aromatic carbocycles. The highest BCUT2D eigenvalue weighted by Gasteiger charge is 2.73. The number of guanidine groups is 1. The van der Waals surface area contributed by atoms with Crippen LogP contribution in [-0.4, -0.2) is 110 Å². The van der Waals surface area contributed by atoms with Gasteiger partial charge in [0.15, 0.2) is 23.7 Å². The van der Waals surface area contributed by atoms with Gasteiger partial charge in [-0.1, -0.05) is 82.4 Å². The zero-order valence-corrected chi connectivity index (χ0v) is 44.0. The molecule has 15 heteroatoms. The molecule has 0 aromatic heterocycles. The number of aromatic hydroxyl groups is 1. The third kappa shape index (κ3) is 8.74. The van der Waals surface area contributed by atoms with Crippen LogP contribution >= 0.6 is 21.6 Å². The van der Waals surface area contributed by atoms with Crippen LogP contribution in [0.4, 0.5) is 0 Å². The van der Waals surface area contributed by atoms with E-state index >= 15 is 0 Å². The summed E-state index contributed by atoms with van der Waals surface area (Å²) in [6.45, 7) is 3.42. The molecule has 4 heterocycles. The Hall–Kier alpha value is -3.38. The smallest absolute Gasteiger partial charge is 0.302 e. The SMILES string of the molecule is CC(=O)O[C@H]1C[C@@H](O)CC[C@@]23C#C[C@@H]4C[C@H]5C#C[C@@H](CNC[C@@]6(C5)C[C@@H](CCN6)Oc5cc(c(C(O)O)cc5O)C[C@H]41)SSC[C@@]1(C[C@@]45CCC[C@@H]4C=C[C@@H]4[C@H]5CC[C@H]5CCC[C@]541)NC(N)=N[C@@H]2C=CC[C@H]3O. The fourth-order valence-corrected chi connectivity index (χ4v) is 20.7. The van der Waals surface area contributed by atoms with Crippen molar-refractivity contribution < 1.29 is 39.8 Å². The van der Waals surface area contributed by atoms with Crippen molar-refractivity contribution in [3.05, 3.63) is 47.6 Å². The van der Waals surface area contributed by atoms with Gasteiger partial charge in [0.1, 0.15) is 12.2 Å². The number of benzene rings is 1. The van der Waals surface area contributed by atoms with Crippen LogP contribution in [0.25, 0.3) is 0 Å². The van der Waals surface area contributed by atoms with E-state index in [-0.39, 0.29) is 70.0 Å². The number of aliphatic imine (C=N–C) groups is 1. The summed E-state index contributed by atoms with van der Waals surface area (Å²) < 4.78 is 13.0. The van der Waals surface area contributed by atoms with Crippen molar-refractivity contribution in [3.8, 4) is 35.2 Å². The Morgan fingerprint density at radius 1 is 1.00 bits per heavy atom. The van der Waals surface area contributed by atoms with Gasteiger partial charge in [-0.3, -0.25) is 4.79 Å². The molecule has 4 saturated carbocycles. The number of phenols is 1. The maximum Gasteiger partial charge on any atom is 0.302 e. The van der Waals surface area contributed by atoms with Gasteiger partial charge in [-0.25, -0.2) is 4.99 Å². The van der Waals surface area contributed by atoms with Gasteiger partial charge in [0, 0.05) is 72.9 Å². The summed E-state index contributed by atoms with van der Waals surface area (Å²) in [5.74, 6) is 17.1. The van der Waals surface area contributed by atoms with E-state index in [1.165, 1.54) is 57.9 Å². The second kappa shape index (κ2) is 19.6. The predicted molar refractivity (Wildman–Crippen MR) is 284 cm³/mol. The maximum atomic E-state index is 13.2. The molecule has 11 aliphatic rings. The number of phenolic OH excluding ortho intramolecular Hbond substituents is 1. The van der Waals surface area contributed by atoms with Crippen molar-refractivity contribution in [1.29, 1.82) is 0 Å². The zero-order valence-electron chi connectivity index (χ0n) is 42.4. The molecule has 5 fully saturated rings. The Kier molecular flexibility index (Phi) is 13.5. The van der Waals surface area contributed by atoms with E-state index in [9.17, 15) is 30.3 Å². The van der Waals surface area contributed by atoms with Crippen molar-refractivity contribution in [3.63, 3.8) is 0 Å². The van der Waals surface area contributed by atoms with Crippen LogP contribution in [0.5, 0.6) is 11.5 Å². The van der Waals surface area contributed by atoms with E-state index in [2.05, 4.69) is 57.9 Å². The molecule has 0 radical (unpaired) electrons. The number of aliphatic hydroxyl groups excluding tert-OH is 3. The number of esters is 1. The average molecular weight is 1040 g/mol. The highest BCUT2D eigenvalue weighted by atomic mass is 33.1. The molecule has 1 saturated heterocycles.